The molecule has 1 aliphatic rings. The summed E-state index contributed by atoms with van der Waals surface area (Å²) in [6, 6.07) is 5.46. The summed E-state index contributed by atoms with van der Waals surface area (Å²) < 4.78 is 35.6. The molecule has 0 N–H and O–H groups in total. The van der Waals surface area contributed by atoms with Gasteiger partial charge in [-0.15, -0.1) is 0 Å². The molecule has 1 aliphatic heterocycles. The molecular weight excluding hydrogens is 318 g/mol. The molecular formula is C16H19NO5S. The molecule has 0 unspecified atom stereocenters. The van der Waals surface area contributed by atoms with Crippen LogP contribution < -0.4 is 0 Å². The third-order valence-corrected chi connectivity index (χ3v) is 5.89. The van der Waals surface area contributed by atoms with E-state index in [0.717, 1.165) is 17.1 Å². The van der Waals surface area contributed by atoms with Gasteiger partial charge in [-0.1, -0.05) is 0 Å². The predicted molar refractivity (Wildman–Crippen MR) is 84.2 cm³/mol. The van der Waals surface area contributed by atoms with Crippen LogP contribution in [0, 0.1) is 13.8 Å². The number of rotatable bonds is 4. The van der Waals surface area contributed by atoms with Crippen LogP contribution in [-0.4, -0.2) is 36.6 Å². The molecule has 0 aliphatic carbocycles. The van der Waals surface area contributed by atoms with Crippen LogP contribution in [0.3, 0.4) is 0 Å². The number of hydrogen-bond acceptors (Lipinski definition) is 5. The Morgan fingerprint density at radius 1 is 1.43 bits per heavy atom. The average Bonchev–Trinajstić information content (AvgIpc) is 3.16. The van der Waals surface area contributed by atoms with Crippen LogP contribution in [0.15, 0.2) is 28.9 Å². The molecule has 2 aromatic rings. The molecule has 124 valence electrons. The smallest absolute Gasteiger partial charge is 0.340 e. The summed E-state index contributed by atoms with van der Waals surface area (Å²) in [5.74, 6) is 0.339. The number of ether oxygens (including phenoxy) is 1. The molecule has 1 saturated heterocycles. The summed E-state index contributed by atoms with van der Waals surface area (Å²) in [6.07, 6.45) is 1.44. The minimum absolute atomic E-state index is 0.0795. The van der Waals surface area contributed by atoms with Gasteiger partial charge < -0.3 is 13.7 Å². The van der Waals surface area contributed by atoms with Crippen molar-refractivity contribution in [3.05, 3.63) is 47.2 Å². The highest BCUT2D eigenvalue weighted by Gasteiger charge is 2.31. The number of carbonyl (C=O) groups excluding carboxylic acids is 1. The lowest BCUT2D eigenvalue weighted by atomic mass is 10.2. The Morgan fingerprint density at radius 3 is 2.83 bits per heavy atom. The van der Waals surface area contributed by atoms with E-state index in [0.29, 0.717) is 18.5 Å². The quantitative estimate of drug-likeness (QED) is 0.798. The summed E-state index contributed by atoms with van der Waals surface area (Å²) >= 11 is 0. The minimum Gasteiger partial charge on any atom is -0.467 e. The predicted octanol–water partition coefficient (Wildman–Crippen LogP) is 2.09. The van der Waals surface area contributed by atoms with E-state index in [2.05, 4.69) is 0 Å². The van der Waals surface area contributed by atoms with Crippen molar-refractivity contribution in [2.45, 2.75) is 32.9 Å². The lowest BCUT2D eigenvalue weighted by molar-refractivity contribution is 0.0355. The largest absolute Gasteiger partial charge is 0.467 e. The SMILES string of the molecule is Cc1cc(C(=O)O[C@@H]2CCS(=O)(=O)C2)c(C)n1Cc1ccco1. The van der Waals surface area contributed by atoms with E-state index in [1.165, 1.54) is 0 Å². The number of hydrogen-bond donors (Lipinski definition) is 0. The summed E-state index contributed by atoms with van der Waals surface area (Å²) in [5, 5.41) is 0. The molecule has 2 aromatic heterocycles. The highest BCUT2D eigenvalue weighted by Crippen LogP contribution is 2.21. The highest BCUT2D eigenvalue weighted by molar-refractivity contribution is 7.91. The van der Waals surface area contributed by atoms with Crippen LogP contribution in [0.25, 0.3) is 0 Å². The Balaban J connectivity index is 1.76. The summed E-state index contributed by atoms with van der Waals surface area (Å²) in [4.78, 5) is 12.3. The first kappa shape index (κ1) is 15.9. The van der Waals surface area contributed by atoms with E-state index in [1.54, 1.807) is 12.3 Å². The van der Waals surface area contributed by atoms with Crippen LogP contribution in [0.4, 0.5) is 0 Å². The molecule has 0 bridgehead atoms. The molecule has 3 rings (SSSR count). The zero-order valence-corrected chi connectivity index (χ0v) is 13.9. The first-order valence-corrected chi connectivity index (χ1v) is 9.28. The Morgan fingerprint density at radius 2 is 2.22 bits per heavy atom. The lowest BCUT2D eigenvalue weighted by Crippen LogP contribution is -2.20. The number of sulfone groups is 1. The number of carbonyl (C=O) groups is 1. The van der Waals surface area contributed by atoms with E-state index in [1.807, 2.05) is 30.5 Å². The van der Waals surface area contributed by atoms with Crippen LogP contribution in [0.5, 0.6) is 0 Å². The highest BCUT2D eigenvalue weighted by atomic mass is 32.2. The standard InChI is InChI=1S/C16H19NO5S/c1-11-8-15(12(2)17(11)9-13-4-3-6-21-13)16(18)22-14-5-7-23(19,20)10-14/h3-4,6,8,14H,5,7,9-10H2,1-2H3/t14-/m1/s1. The third kappa shape index (κ3) is 3.34. The van der Waals surface area contributed by atoms with E-state index in [-0.39, 0.29) is 11.5 Å². The Kier molecular flexibility index (Phi) is 4.06. The van der Waals surface area contributed by atoms with Gasteiger partial charge >= 0.3 is 5.97 Å². The monoisotopic (exact) mass is 337 g/mol. The van der Waals surface area contributed by atoms with Gasteiger partial charge in [0.15, 0.2) is 9.84 Å². The maximum Gasteiger partial charge on any atom is 0.340 e. The molecule has 6 nitrogen and oxygen atoms in total. The van der Waals surface area contributed by atoms with Crippen molar-refractivity contribution >= 4 is 15.8 Å². The molecule has 7 heteroatoms. The van der Waals surface area contributed by atoms with Gasteiger partial charge in [-0.3, -0.25) is 0 Å². The minimum atomic E-state index is -3.07. The van der Waals surface area contributed by atoms with Crippen molar-refractivity contribution in [2.75, 3.05) is 11.5 Å². The second kappa shape index (κ2) is 5.88. The Bertz CT molecular complexity index is 817. The van der Waals surface area contributed by atoms with Gasteiger partial charge in [0.05, 0.1) is 29.9 Å². The Labute approximate surface area is 135 Å². The second-order valence-electron chi connectivity index (χ2n) is 5.88. The number of aryl methyl sites for hydroxylation is 1. The molecule has 0 spiro atoms. The van der Waals surface area contributed by atoms with Crippen molar-refractivity contribution in [1.82, 2.24) is 4.57 Å². The number of furan rings is 1. The maximum absolute atomic E-state index is 12.3. The first-order chi connectivity index (χ1) is 10.9. The number of nitrogens with zero attached hydrogens (tertiary/aromatic N) is 1. The van der Waals surface area contributed by atoms with Gasteiger partial charge in [0.1, 0.15) is 11.9 Å². The van der Waals surface area contributed by atoms with E-state index in [9.17, 15) is 13.2 Å². The fourth-order valence-corrected chi connectivity index (χ4v) is 4.47. The van der Waals surface area contributed by atoms with Crippen molar-refractivity contribution in [3.63, 3.8) is 0 Å². The molecule has 1 fully saturated rings. The van der Waals surface area contributed by atoms with E-state index >= 15 is 0 Å². The normalized spacial score (nSPS) is 19.8. The van der Waals surface area contributed by atoms with Crippen molar-refractivity contribution in [1.29, 1.82) is 0 Å². The molecule has 1 atom stereocenters. The molecule has 3 heterocycles. The van der Waals surface area contributed by atoms with Crippen molar-refractivity contribution in [3.8, 4) is 0 Å². The van der Waals surface area contributed by atoms with Gasteiger partial charge in [-0.25, -0.2) is 13.2 Å². The van der Waals surface area contributed by atoms with Crippen LogP contribution in [0.2, 0.25) is 0 Å². The zero-order chi connectivity index (χ0) is 16.6. The van der Waals surface area contributed by atoms with Crippen LogP contribution in [-0.2, 0) is 21.1 Å². The zero-order valence-electron chi connectivity index (χ0n) is 13.1. The van der Waals surface area contributed by atoms with E-state index in [4.69, 9.17) is 9.15 Å². The van der Waals surface area contributed by atoms with Gasteiger partial charge in [0.2, 0.25) is 0 Å². The van der Waals surface area contributed by atoms with E-state index < -0.39 is 21.9 Å². The second-order valence-corrected chi connectivity index (χ2v) is 8.11. The van der Waals surface area contributed by atoms with Crippen LogP contribution in [0.1, 0.15) is 33.9 Å². The molecule has 0 radical (unpaired) electrons. The topological polar surface area (TPSA) is 78.5 Å². The van der Waals surface area contributed by atoms with Crippen LogP contribution >= 0.6 is 0 Å². The summed E-state index contributed by atoms with van der Waals surface area (Å²) in [7, 11) is -3.07. The van der Waals surface area contributed by atoms with Crippen molar-refractivity contribution < 1.29 is 22.4 Å². The maximum atomic E-state index is 12.3. The fraction of sp³-hybridized carbons (Fsp3) is 0.438. The Hall–Kier alpha value is -2.02. The first-order valence-electron chi connectivity index (χ1n) is 7.46. The van der Waals surface area contributed by atoms with Gasteiger partial charge in [0.25, 0.3) is 0 Å². The molecule has 0 amide bonds. The fourth-order valence-electron chi connectivity index (χ4n) is 2.88. The third-order valence-electron chi connectivity index (χ3n) is 4.15. The molecule has 23 heavy (non-hydrogen) atoms. The average molecular weight is 337 g/mol. The lowest BCUT2D eigenvalue weighted by Gasteiger charge is -2.11. The van der Waals surface area contributed by atoms with Gasteiger partial charge in [-0.2, -0.15) is 0 Å². The van der Waals surface area contributed by atoms with Crippen molar-refractivity contribution in [2.24, 2.45) is 0 Å². The number of aromatic nitrogens is 1. The van der Waals surface area contributed by atoms with Gasteiger partial charge in [-0.05, 0) is 38.5 Å². The number of esters is 1. The summed E-state index contributed by atoms with van der Waals surface area (Å²) in [5.41, 5.74) is 2.17. The van der Waals surface area contributed by atoms with Gasteiger partial charge in [0, 0.05) is 11.4 Å². The molecule has 0 aromatic carbocycles. The molecule has 0 saturated carbocycles. The summed E-state index contributed by atoms with van der Waals surface area (Å²) in [6.45, 7) is 4.29.